The molecule has 1 N–H and O–H groups in total. The Hall–Kier alpha value is -1.10. The fraction of sp³-hybridized carbons (Fsp3) is 0.600. The first-order valence-electron chi connectivity index (χ1n) is 4.95. The topological polar surface area (TPSA) is 51.2 Å². The van der Waals surface area contributed by atoms with Crippen molar-refractivity contribution < 1.29 is 9.53 Å². The maximum absolute atomic E-state index is 11.2. The molecule has 0 saturated heterocycles. The van der Waals surface area contributed by atoms with Crippen molar-refractivity contribution in [2.75, 3.05) is 12.4 Å². The van der Waals surface area contributed by atoms with Crippen LogP contribution in [-0.4, -0.2) is 23.6 Å². The number of carbonyl (C=O) groups is 1. The second kappa shape index (κ2) is 3.81. The van der Waals surface area contributed by atoms with E-state index in [9.17, 15) is 4.79 Å². The monoisotopic (exact) mass is 226 g/mol. The SMILES string of the molecule is COC(=O)c1csc(NC2(C)CCC2)n1. The van der Waals surface area contributed by atoms with Crippen molar-refractivity contribution in [3.05, 3.63) is 11.1 Å². The van der Waals surface area contributed by atoms with E-state index in [1.165, 1.54) is 37.7 Å². The molecule has 5 heteroatoms. The molecule has 0 aromatic carbocycles. The highest BCUT2D eigenvalue weighted by molar-refractivity contribution is 7.13. The number of hydrogen-bond acceptors (Lipinski definition) is 5. The highest BCUT2D eigenvalue weighted by Gasteiger charge is 2.32. The van der Waals surface area contributed by atoms with Crippen molar-refractivity contribution in [3.8, 4) is 0 Å². The van der Waals surface area contributed by atoms with Crippen LogP contribution >= 0.6 is 11.3 Å². The third kappa shape index (κ3) is 2.12. The summed E-state index contributed by atoms with van der Waals surface area (Å²) in [5.41, 5.74) is 0.554. The van der Waals surface area contributed by atoms with Crippen LogP contribution in [0.15, 0.2) is 5.38 Å². The lowest BCUT2D eigenvalue weighted by Gasteiger charge is -2.39. The van der Waals surface area contributed by atoms with E-state index in [4.69, 9.17) is 0 Å². The van der Waals surface area contributed by atoms with E-state index in [1.54, 1.807) is 5.38 Å². The Balaban J connectivity index is 2.04. The van der Waals surface area contributed by atoms with Gasteiger partial charge in [-0.25, -0.2) is 9.78 Å². The van der Waals surface area contributed by atoms with E-state index >= 15 is 0 Å². The van der Waals surface area contributed by atoms with Crippen LogP contribution in [0, 0.1) is 0 Å². The van der Waals surface area contributed by atoms with Crippen LogP contribution in [0.5, 0.6) is 0 Å². The average Bonchev–Trinajstić information content (AvgIpc) is 2.62. The van der Waals surface area contributed by atoms with Gasteiger partial charge in [-0.3, -0.25) is 0 Å². The molecule has 2 rings (SSSR count). The first-order chi connectivity index (χ1) is 7.13. The molecule has 1 fully saturated rings. The highest BCUT2D eigenvalue weighted by atomic mass is 32.1. The summed E-state index contributed by atoms with van der Waals surface area (Å²) < 4.78 is 4.60. The molecule has 0 atom stereocenters. The predicted octanol–water partition coefficient (Wildman–Crippen LogP) is 2.28. The van der Waals surface area contributed by atoms with Crippen LogP contribution in [0.2, 0.25) is 0 Å². The van der Waals surface area contributed by atoms with Crippen LogP contribution in [0.3, 0.4) is 0 Å². The first-order valence-corrected chi connectivity index (χ1v) is 5.83. The second-order valence-electron chi connectivity index (χ2n) is 4.07. The third-order valence-corrected chi connectivity index (χ3v) is 3.52. The van der Waals surface area contributed by atoms with Gasteiger partial charge in [0.05, 0.1) is 7.11 Å². The fourth-order valence-electron chi connectivity index (χ4n) is 1.62. The van der Waals surface area contributed by atoms with E-state index in [2.05, 4.69) is 22.0 Å². The van der Waals surface area contributed by atoms with Crippen LogP contribution in [0.4, 0.5) is 5.13 Å². The molecule has 1 aliphatic carbocycles. The quantitative estimate of drug-likeness (QED) is 0.803. The number of hydrogen-bond donors (Lipinski definition) is 1. The Morgan fingerprint density at radius 3 is 2.93 bits per heavy atom. The minimum atomic E-state index is -0.377. The molecule has 1 heterocycles. The molecular weight excluding hydrogens is 212 g/mol. The van der Waals surface area contributed by atoms with Gasteiger partial charge in [-0.1, -0.05) is 0 Å². The number of thiazole rings is 1. The molecule has 0 unspecified atom stereocenters. The molecule has 0 amide bonds. The van der Waals surface area contributed by atoms with Crippen molar-refractivity contribution in [1.29, 1.82) is 0 Å². The molecule has 15 heavy (non-hydrogen) atoms. The lowest BCUT2D eigenvalue weighted by atomic mass is 9.79. The fourth-order valence-corrected chi connectivity index (χ4v) is 2.45. The summed E-state index contributed by atoms with van der Waals surface area (Å²) in [5.74, 6) is -0.377. The molecule has 0 bridgehead atoms. The minimum Gasteiger partial charge on any atom is -0.464 e. The van der Waals surface area contributed by atoms with E-state index in [0.29, 0.717) is 5.69 Å². The van der Waals surface area contributed by atoms with Gasteiger partial charge in [0.2, 0.25) is 0 Å². The van der Waals surface area contributed by atoms with Crippen molar-refractivity contribution in [2.45, 2.75) is 31.7 Å². The van der Waals surface area contributed by atoms with E-state index in [-0.39, 0.29) is 11.5 Å². The molecule has 1 aromatic heterocycles. The summed E-state index contributed by atoms with van der Waals surface area (Å²) in [6.07, 6.45) is 3.60. The van der Waals surface area contributed by atoms with Gasteiger partial charge in [-0.15, -0.1) is 11.3 Å². The molecule has 0 radical (unpaired) electrons. The van der Waals surface area contributed by atoms with Gasteiger partial charge in [0.25, 0.3) is 0 Å². The smallest absolute Gasteiger partial charge is 0.357 e. The number of nitrogens with zero attached hydrogens (tertiary/aromatic N) is 1. The minimum absolute atomic E-state index is 0.172. The summed E-state index contributed by atoms with van der Waals surface area (Å²) in [5, 5.41) is 5.88. The Bertz CT molecular complexity index is 371. The Morgan fingerprint density at radius 2 is 2.40 bits per heavy atom. The average molecular weight is 226 g/mol. The van der Waals surface area contributed by atoms with Gasteiger partial charge in [0.15, 0.2) is 10.8 Å². The number of nitrogens with one attached hydrogen (secondary N) is 1. The largest absolute Gasteiger partial charge is 0.464 e. The van der Waals surface area contributed by atoms with E-state index in [0.717, 1.165) is 5.13 Å². The standard InChI is InChI=1S/C10H14N2O2S/c1-10(4-3-5-10)12-9-11-7(6-15-9)8(13)14-2/h6H,3-5H2,1-2H3,(H,11,12). The van der Waals surface area contributed by atoms with Gasteiger partial charge in [-0.05, 0) is 26.2 Å². The van der Waals surface area contributed by atoms with E-state index in [1.807, 2.05) is 0 Å². The molecule has 82 valence electrons. The Kier molecular flexibility index (Phi) is 2.65. The van der Waals surface area contributed by atoms with Crippen molar-refractivity contribution in [3.63, 3.8) is 0 Å². The maximum Gasteiger partial charge on any atom is 0.357 e. The number of ether oxygens (including phenoxy) is 1. The van der Waals surface area contributed by atoms with Gasteiger partial charge in [0, 0.05) is 10.9 Å². The second-order valence-corrected chi connectivity index (χ2v) is 4.93. The maximum atomic E-state index is 11.2. The van der Waals surface area contributed by atoms with Crippen molar-refractivity contribution in [1.82, 2.24) is 4.98 Å². The summed E-state index contributed by atoms with van der Waals surface area (Å²) in [4.78, 5) is 15.4. The zero-order chi connectivity index (χ0) is 10.9. The highest BCUT2D eigenvalue weighted by Crippen LogP contribution is 2.35. The Morgan fingerprint density at radius 1 is 1.67 bits per heavy atom. The van der Waals surface area contributed by atoms with Crippen molar-refractivity contribution >= 4 is 22.4 Å². The molecule has 4 nitrogen and oxygen atoms in total. The number of anilines is 1. The van der Waals surface area contributed by atoms with Gasteiger partial charge in [0.1, 0.15) is 0 Å². The van der Waals surface area contributed by atoms with Gasteiger partial charge in [-0.2, -0.15) is 0 Å². The number of methoxy groups -OCH3 is 1. The summed E-state index contributed by atoms with van der Waals surface area (Å²) in [7, 11) is 1.36. The normalized spacial score (nSPS) is 18.0. The molecule has 1 aromatic rings. The van der Waals surface area contributed by atoms with Crippen LogP contribution in [-0.2, 0) is 4.74 Å². The lowest BCUT2D eigenvalue weighted by Crippen LogP contribution is -2.41. The summed E-state index contributed by atoms with van der Waals surface area (Å²) in [6, 6.07) is 0. The number of rotatable bonds is 3. The first kappa shape index (κ1) is 10.4. The van der Waals surface area contributed by atoms with Crippen molar-refractivity contribution in [2.24, 2.45) is 0 Å². The Labute approximate surface area is 92.7 Å². The summed E-state index contributed by atoms with van der Waals surface area (Å²) >= 11 is 1.45. The molecular formula is C10H14N2O2S. The molecule has 0 aliphatic heterocycles. The molecule has 0 spiro atoms. The van der Waals surface area contributed by atoms with Crippen LogP contribution < -0.4 is 5.32 Å². The van der Waals surface area contributed by atoms with Crippen LogP contribution in [0.25, 0.3) is 0 Å². The zero-order valence-electron chi connectivity index (χ0n) is 8.87. The number of esters is 1. The molecule has 1 aliphatic rings. The summed E-state index contributed by atoms with van der Waals surface area (Å²) in [6.45, 7) is 2.18. The number of carbonyl (C=O) groups excluding carboxylic acids is 1. The number of aromatic nitrogens is 1. The van der Waals surface area contributed by atoms with Gasteiger partial charge >= 0.3 is 5.97 Å². The molecule has 1 saturated carbocycles. The van der Waals surface area contributed by atoms with Gasteiger partial charge < -0.3 is 10.1 Å². The third-order valence-electron chi connectivity index (χ3n) is 2.76. The van der Waals surface area contributed by atoms with E-state index < -0.39 is 0 Å². The predicted molar refractivity (Wildman–Crippen MR) is 59.3 cm³/mol. The van der Waals surface area contributed by atoms with Crippen LogP contribution in [0.1, 0.15) is 36.7 Å². The lowest BCUT2D eigenvalue weighted by molar-refractivity contribution is 0.0595. The zero-order valence-corrected chi connectivity index (χ0v) is 9.69.